The summed E-state index contributed by atoms with van der Waals surface area (Å²) >= 11 is 0. The minimum Gasteiger partial charge on any atom is -0.365 e. The molecule has 0 radical (unpaired) electrons. The Morgan fingerprint density at radius 3 is 2.71 bits per heavy atom. The molecule has 6 nitrogen and oxygen atoms in total. The van der Waals surface area contributed by atoms with E-state index in [1.54, 1.807) is 0 Å². The van der Waals surface area contributed by atoms with Gasteiger partial charge in [0.05, 0.1) is 18.2 Å². The maximum absolute atomic E-state index is 6.33. The number of piperidine rings is 2. The van der Waals surface area contributed by atoms with Crippen LogP contribution in [-0.4, -0.2) is 46.3 Å². The smallest absolute Gasteiger partial charge is 0.227 e. The van der Waals surface area contributed by atoms with Gasteiger partial charge >= 0.3 is 0 Å². The Bertz CT molecular complexity index is 839. The van der Waals surface area contributed by atoms with Crippen LogP contribution in [-0.2, 0) is 23.5 Å². The third-order valence-corrected chi connectivity index (χ3v) is 7.01. The molecule has 0 aliphatic carbocycles. The van der Waals surface area contributed by atoms with E-state index < -0.39 is 0 Å². The van der Waals surface area contributed by atoms with Gasteiger partial charge in [0.1, 0.15) is 0 Å². The fourth-order valence-electron chi connectivity index (χ4n) is 5.36. The Morgan fingerprint density at radius 1 is 1.11 bits per heavy atom. The fourth-order valence-corrected chi connectivity index (χ4v) is 5.36. The average molecular weight is 382 g/mol. The first kappa shape index (κ1) is 18.1. The van der Waals surface area contributed by atoms with Crippen LogP contribution in [0.1, 0.15) is 62.0 Å². The predicted molar refractivity (Wildman–Crippen MR) is 109 cm³/mol. The minimum atomic E-state index is -0.101. The lowest BCUT2D eigenvalue weighted by Crippen LogP contribution is -2.43. The van der Waals surface area contributed by atoms with Crippen LogP contribution in [0.2, 0.25) is 0 Å². The summed E-state index contributed by atoms with van der Waals surface area (Å²) in [6.45, 7) is 6.96. The molecular weight excluding hydrogens is 350 g/mol. The number of nitrogens with zero attached hydrogens (tertiary/aromatic N) is 5. The van der Waals surface area contributed by atoms with Crippen molar-refractivity contribution in [3.8, 4) is 0 Å². The molecule has 1 aromatic carbocycles. The molecular formula is C22H31N5O. The molecule has 150 valence electrons. The van der Waals surface area contributed by atoms with Gasteiger partial charge in [0.25, 0.3) is 0 Å². The molecule has 0 N–H and O–H groups in total. The van der Waals surface area contributed by atoms with Crippen molar-refractivity contribution in [2.24, 2.45) is 0 Å². The van der Waals surface area contributed by atoms with Crippen LogP contribution in [0.25, 0.3) is 0 Å². The summed E-state index contributed by atoms with van der Waals surface area (Å²) in [6.07, 6.45) is 5.78. The Kier molecular flexibility index (Phi) is 4.63. The zero-order valence-corrected chi connectivity index (χ0v) is 17.1. The lowest BCUT2D eigenvalue weighted by atomic mass is 9.84. The molecule has 1 aromatic heterocycles. The fraction of sp³-hybridized carbons (Fsp3) is 0.636. The number of likely N-dealkylation sites (tertiary alicyclic amines) is 1. The number of ether oxygens (including phenoxy) is 1. The lowest BCUT2D eigenvalue weighted by Gasteiger charge is -2.39. The molecule has 0 bridgehead atoms. The van der Waals surface area contributed by atoms with Gasteiger partial charge in [0.15, 0.2) is 5.82 Å². The highest BCUT2D eigenvalue weighted by molar-refractivity contribution is 5.39. The van der Waals surface area contributed by atoms with E-state index in [1.807, 2.05) is 0 Å². The van der Waals surface area contributed by atoms with Gasteiger partial charge in [-0.2, -0.15) is 0 Å². The summed E-state index contributed by atoms with van der Waals surface area (Å²) in [5.74, 6) is 2.18. The van der Waals surface area contributed by atoms with Gasteiger partial charge in [0, 0.05) is 19.6 Å². The molecule has 2 aromatic rings. The van der Waals surface area contributed by atoms with Crippen LogP contribution in [0.4, 0.5) is 5.95 Å². The van der Waals surface area contributed by atoms with Crippen molar-refractivity contribution in [2.75, 3.05) is 31.6 Å². The summed E-state index contributed by atoms with van der Waals surface area (Å²) in [7, 11) is 2.22. The van der Waals surface area contributed by atoms with E-state index in [2.05, 4.69) is 62.8 Å². The molecule has 1 spiro atoms. The number of rotatable bonds is 3. The second-order valence-electron chi connectivity index (χ2n) is 8.52. The summed E-state index contributed by atoms with van der Waals surface area (Å²) < 4.78 is 8.67. The second kappa shape index (κ2) is 7.16. The van der Waals surface area contributed by atoms with Gasteiger partial charge in [0.2, 0.25) is 5.95 Å². The molecule has 2 saturated heterocycles. The van der Waals surface area contributed by atoms with Gasteiger partial charge < -0.3 is 9.64 Å². The number of hydrogen-bond donors (Lipinski definition) is 0. The molecule has 3 aliphatic heterocycles. The predicted octanol–water partition coefficient (Wildman–Crippen LogP) is 3.48. The first-order chi connectivity index (χ1) is 13.7. The largest absolute Gasteiger partial charge is 0.365 e. The van der Waals surface area contributed by atoms with Gasteiger partial charge in [-0.05, 0) is 57.3 Å². The van der Waals surface area contributed by atoms with Crippen molar-refractivity contribution >= 4 is 5.95 Å². The zero-order chi connectivity index (χ0) is 19.1. The van der Waals surface area contributed by atoms with E-state index in [0.717, 1.165) is 57.4 Å². The summed E-state index contributed by atoms with van der Waals surface area (Å²) in [4.78, 5) is 4.86. The molecule has 1 unspecified atom stereocenters. The van der Waals surface area contributed by atoms with E-state index >= 15 is 0 Å². The molecule has 28 heavy (non-hydrogen) atoms. The van der Waals surface area contributed by atoms with Gasteiger partial charge in [-0.1, -0.05) is 30.7 Å². The molecule has 1 atom stereocenters. The van der Waals surface area contributed by atoms with Crippen molar-refractivity contribution in [3.63, 3.8) is 0 Å². The van der Waals surface area contributed by atoms with Crippen LogP contribution < -0.4 is 4.90 Å². The van der Waals surface area contributed by atoms with Crippen molar-refractivity contribution in [1.82, 2.24) is 19.7 Å². The van der Waals surface area contributed by atoms with Gasteiger partial charge in [-0.3, -0.25) is 9.47 Å². The third-order valence-electron chi connectivity index (χ3n) is 7.01. The van der Waals surface area contributed by atoms with Crippen LogP contribution >= 0.6 is 0 Å². The third kappa shape index (κ3) is 2.85. The zero-order valence-electron chi connectivity index (χ0n) is 17.1. The molecule has 4 heterocycles. The molecule has 0 saturated carbocycles. The van der Waals surface area contributed by atoms with E-state index in [9.17, 15) is 0 Å². The highest BCUT2D eigenvalue weighted by atomic mass is 16.5. The highest BCUT2D eigenvalue weighted by Crippen LogP contribution is 2.44. The van der Waals surface area contributed by atoms with Crippen molar-refractivity contribution in [2.45, 2.75) is 63.8 Å². The van der Waals surface area contributed by atoms with Crippen LogP contribution in [0, 0.1) is 0 Å². The Morgan fingerprint density at radius 2 is 1.93 bits per heavy atom. The molecule has 2 fully saturated rings. The number of aromatic nitrogens is 3. The van der Waals surface area contributed by atoms with E-state index in [1.165, 1.54) is 30.4 Å². The van der Waals surface area contributed by atoms with Crippen LogP contribution in [0.5, 0.6) is 0 Å². The van der Waals surface area contributed by atoms with Crippen molar-refractivity contribution < 1.29 is 4.74 Å². The normalized spacial score (nSPS) is 24.6. The second-order valence-corrected chi connectivity index (χ2v) is 8.52. The first-order valence-corrected chi connectivity index (χ1v) is 10.8. The number of hydrogen-bond acceptors (Lipinski definition) is 5. The molecule has 3 aliphatic rings. The molecule has 6 heteroatoms. The Hall–Kier alpha value is -1.92. The van der Waals surface area contributed by atoms with Gasteiger partial charge in [-0.15, -0.1) is 10.2 Å². The number of benzene rings is 1. The molecule has 0 amide bonds. The number of fused-ring (bicyclic) bond motifs is 2. The standard InChI is InChI=1S/C22H31N5O/c1-3-27-20(19-10-6-7-13-25(19)2)23-24-21(27)26-14-11-22(12-15-26)18-9-5-4-8-17(18)16-28-22/h4-5,8-9,19H,3,6-7,10-16H2,1-2H3. The SMILES string of the molecule is CCn1c(C2CCCCN2C)nnc1N1CCC2(CC1)OCc1ccccc12. The first-order valence-electron chi connectivity index (χ1n) is 10.8. The van der Waals surface area contributed by atoms with Crippen molar-refractivity contribution in [3.05, 3.63) is 41.2 Å². The van der Waals surface area contributed by atoms with E-state index in [0.29, 0.717) is 6.04 Å². The lowest BCUT2D eigenvalue weighted by molar-refractivity contribution is -0.0553. The van der Waals surface area contributed by atoms with E-state index in [-0.39, 0.29) is 5.60 Å². The Labute approximate surface area is 167 Å². The van der Waals surface area contributed by atoms with Crippen LogP contribution in [0.3, 0.4) is 0 Å². The van der Waals surface area contributed by atoms with E-state index in [4.69, 9.17) is 4.74 Å². The topological polar surface area (TPSA) is 46.4 Å². The van der Waals surface area contributed by atoms with Gasteiger partial charge in [-0.25, -0.2) is 0 Å². The summed E-state index contributed by atoms with van der Waals surface area (Å²) in [5.41, 5.74) is 2.66. The maximum Gasteiger partial charge on any atom is 0.227 e. The maximum atomic E-state index is 6.33. The van der Waals surface area contributed by atoms with Crippen molar-refractivity contribution in [1.29, 1.82) is 0 Å². The minimum absolute atomic E-state index is 0.101. The molecule has 5 rings (SSSR count). The quantitative estimate of drug-likeness (QED) is 0.815. The summed E-state index contributed by atoms with van der Waals surface area (Å²) in [6, 6.07) is 9.11. The average Bonchev–Trinajstić information content (AvgIpc) is 3.32. The summed E-state index contributed by atoms with van der Waals surface area (Å²) in [5, 5.41) is 9.31. The number of anilines is 1. The monoisotopic (exact) mass is 381 g/mol. The highest BCUT2D eigenvalue weighted by Gasteiger charge is 2.43. The Balaban J connectivity index is 1.36. The van der Waals surface area contributed by atoms with Crippen LogP contribution in [0.15, 0.2) is 24.3 Å².